The quantitative estimate of drug-likeness (QED) is 0.766. The van der Waals surface area contributed by atoms with Gasteiger partial charge in [-0.1, -0.05) is 0 Å². The van der Waals surface area contributed by atoms with Crippen molar-refractivity contribution in [3.63, 3.8) is 0 Å². The number of fused-ring (bicyclic) bond motifs is 3. The first-order chi connectivity index (χ1) is 11.7. The van der Waals surface area contributed by atoms with Crippen LogP contribution in [0.25, 0.3) is 16.7 Å². The van der Waals surface area contributed by atoms with Gasteiger partial charge in [0.25, 0.3) is 5.56 Å². The third-order valence-corrected chi connectivity index (χ3v) is 4.64. The molecule has 1 fully saturated rings. The van der Waals surface area contributed by atoms with E-state index in [9.17, 15) is 4.79 Å². The molecule has 3 aromatic rings. The highest BCUT2D eigenvalue weighted by Crippen LogP contribution is 2.31. The van der Waals surface area contributed by atoms with Gasteiger partial charge in [0.2, 0.25) is 0 Å². The van der Waals surface area contributed by atoms with Crippen LogP contribution in [0.2, 0.25) is 0 Å². The van der Waals surface area contributed by atoms with Crippen molar-refractivity contribution in [1.82, 2.24) is 24.9 Å². The summed E-state index contributed by atoms with van der Waals surface area (Å²) in [6.45, 7) is 5.60. The average Bonchev–Trinajstić information content (AvgIpc) is 2.94. The molecule has 126 valence electrons. The first-order valence-electron chi connectivity index (χ1n) is 8.44. The molecule has 24 heavy (non-hydrogen) atoms. The van der Waals surface area contributed by atoms with Crippen molar-refractivity contribution in [3.05, 3.63) is 34.4 Å². The van der Waals surface area contributed by atoms with Gasteiger partial charge in [0.05, 0.1) is 12.3 Å². The molecule has 0 amide bonds. The van der Waals surface area contributed by atoms with E-state index in [1.54, 1.807) is 12.3 Å². The van der Waals surface area contributed by atoms with E-state index in [-0.39, 0.29) is 5.56 Å². The Morgan fingerprint density at radius 3 is 3.12 bits per heavy atom. The highest BCUT2D eigenvalue weighted by atomic mass is 16.5. The normalized spacial score (nSPS) is 21.4. The van der Waals surface area contributed by atoms with Crippen LogP contribution in [0.15, 0.2) is 23.1 Å². The van der Waals surface area contributed by atoms with Crippen molar-refractivity contribution in [3.8, 4) is 5.75 Å². The minimum Gasteiger partial charge on any atom is -0.493 e. The summed E-state index contributed by atoms with van der Waals surface area (Å²) in [6, 6.07) is 3.91. The Labute approximate surface area is 139 Å². The fourth-order valence-electron chi connectivity index (χ4n) is 3.60. The number of rotatable bonds is 3. The van der Waals surface area contributed by atoms with Crippen LogP contribution < -0.4 is 15.6 Å². The van der Waals surface area contributed by atoms with Gasteiger partial charge in [0, 0.05) is 24.2 Å². The molecule has 0 spiro atoms. The van der Waals surface area contributed by atoms with Crippen molar-refractivity contribution in [2.24, 2.45) is 0 Å². The topological polar surface area (TPSA) is 84.3 Å². The molecule has 2 N–H and O–H groups in total. The van der Waals surface area contributed by atoms with E-state index >= 15 is 0 Å². The summed E-state index contributed by atoms with van der Waals surface area (Å²) in [5.74, 6) is 1.000. The number of piperidine rings is 1. The Morgan fingerprint density at radius 2 is 2.33 bits per heavy atom. The van der Waals surface area contributed by atoms with Gasteiger partial charge in [0.15, 0.2) is 5.65 Å². The maximum Gasteiger partial charge on any atom is 0.251 e. The summed E-state index contributed by atoms with van der Waals surface area (Å²) in [5, 5.41) is 8.85. The predicted molar refractivity (Wildman–Crippen MR) is 91.7 cm³/mol. The minimum absolute atomic E-state index is 0.114. The Bertz CT molecular complexity index is 945. The number of hydrogen-bond donors (Lipinski definition) is 2. The molecule has 1 aliphatic heterocycles. The standard InChI is InChI=1S/C17H21N5O2/c1-3-24-13-5-7-19-16-15(13)17-20-14(23)9-12(22(17)21-16)11-4-6-18-10(2)8-11/h5,7,9-11,18H,3-4,6,8H2,1-2H3,(H,20,23). The van der Waals surface area contributed by atoms with Crippen LogP contribution in [-0.4, -0.2) is 38.8 Å². The lowest BCUT2D eigenvalue weighted by Crippen LogP contribution is -2.35. The predicted octanol–water partition coefficient (Wildman–Crippen LogP) is 1.82. The molecule has 7 heteroatoms. The Hall–Kier alpha value is -2.41. The minimum atomic E-state index is -0.114. The first kappa shape index (κ1) is 15.1. The van der Waals surface area contributed by atoms with Gasteiger partial charge in [0.1, 0.15) is 16.8 Å². The largest absolute Gasteiger partial charge is 0.493 e. The number of ether oxygens (including phenoxy) is 1. The second-order valence-corrected chi connectivity index (χ2v) is 6.34. The fourth-order valence-corrected chi connectivity index (χ4v) is 3.60. The lowest BCUT2D eigenvalue weighted by molar-refractivity contribution is 0.344. The van der Waals surface area contributed by atoms with E-state index in [0.717, 1.165) is 30.5 Å². The Kier molecular flexibility index (Phi) is 3.72. The molecule has 0 saturated carbocycles. The van der Waals surface area contributed by atoms with Crippen molar-refractivity contribution in [2.45, 2.75) is 38.6 Å². The van der Waals surface area contributed by atoms with E-state index in [4.69, 9.17) is 4.74 Å². The van der Waals surface area contributed by atoms with Crippen molar-refractivity contribution in [1.29, 1.82) is 0 Å². The number of H-pyrrole nitrogens is 1. The lowest BCUT2D eigenvalue weighted by Gasteiger charge is -2.28. The molecule has 0 radical (unpaired) electrons. The highest BCUT2D eigenvalue weighted by molar-refractivity contribution is 5.95. The highest BCUT2D eigenvalue weighted by Gasteiger charge is 2.24. The summed E-state index contributed by atoms with van der Waals surface area (Å²) in [5.41, 5.74) is 2.08. The number of aromatic nitrogens is 4. The number of hydrogen-bond acceptors (Lipinski definition) is 5. The van der Waals surface area contributed by atoms with Crippen molar-refractivity contribution < 1.29 is 4.74 Å². The van der Waals surface area contributed by atoms with E-state index in [0.29, 0.717) is 35.6 Å². The second-order valence-electron chi connectivity index (χ2n) is 6.34. The fraction of sp³-hybridized carbons (Fsp3) is 0.471. The number of pyridine rings is 1. The molecule has 1 aliphatic rings. The molecule has 7 nitrogen and oxygen atoms in total. The van der Waals surface area contributed by atoms with Crippen LogP contribution in [0, 0.1) is 0 Å². The zero-order chi connectivity index (χ0) is 16.7. The maximum absolute atomic E-state index is 12.3. The summed E-state index contributed by atoms with van der Waals surface area (Å²) < 4.78 is 7.54. The molecular formula is C17H21N5O2. The molecule has 0 aliphatic carbocycles. The summed E-state index contributed by atoms with van der Waals surface area (Å²) >= 11 is 0. The van der Waals surface area contributed by atoms with Gasteiger partial charge in [-0.2, -0.15) is 0 Å². The summed E-state index contributed by atoms with van der Waals surface area (Å²) in [7, 11) is 0. The molecule has 1 saturated heterocycles. The molecule has 0 aromatic carbocycles. The van der Waals surface area contributed by atoms with E-state index in [1.807, 2.05) is 17.5 Å². The zero-order valence-corrected chi connectivity index (χ0v) is 13.9. The number of aromatic amines is 1. The molecule has 3 aromatic heterocycles. The molecule has 4 heterocycles. The van der Waals surface area contributed by atoms with E-state index in [2.05, 4.69) is 27.3 Å². The number of nitrogens with zero attached hydrogens (tertiary/aromatic N) is 3. The zero-order valence-electron chi connectivity index (χ0n) is 13.9. The van der Waals surface area contributed by atoms with Crippen LogP contribution in [-0.2, 0) is 0 Å². The van der Waals surface area contributed by atoms with Crippen LogP contribution in [0.3, 0.4) is 0 Å². The van der Waals surface area contributed by atoms with Crippen molar-refractivity contribution in [2.75, 3.05) is 13.2 Å². The smallest absolute Gasteiger partial charge is 0.251 e. The van der Waals surface area contributed by atoms with Gasteiger partial charge in [-0.25, -0.2) is 9.50 Å². The Morgan fingerprint density at radius 1 is 1.46 bits per heavy atom. The molecule has 2 unspecified atom stereocenters. The molecular weight excluding hydrogens is 306 g/mol. The Balaban J connectivity index is 1.97. The second kappa shape index (κ2) is 5.90. The van der Waals surface area contributed by atoms with Gasteiger partial charge in [-0.15, -0.1) is 5.10 Å². The van der Waals surface area contributed by atoms with Gasteiger partial charge >= 0.3 is 0 Å². The monoisotopic (exact) mass is 327 g/mol. The third kappa shape index (κ3) is 2.45. The first-order valence-corrected chi connectivity index (χ1v) is 8.44. The third-order valence-electron chi connectivity index (χ3n) is 4.64. The van der Waals surface area contributed by atoms with E-state index < -0.39 is 0 Å². The van der Waals surface area contributed by atoms with Gasteiger partial charge in [-0.05, 0) is 39.3 Å². The summed E-state index contributed by atoms with van der Waals surface area (Å²) in [6.07, 6.45) is 3.66. The van der Waals surface area contributed by atoms with Crippen molar-refractivity contribution >= 4 is 16.7 Å². The van der Waals surface area contributed by atoms with Crippen LogP contribution in [0.5, 0.6) is 5.75 Å². The van der Waals surface area contributed by atoms with Gasteiger partial charge < -0.3 is 15.0 Å². The molecule has 0 bridgehead atoms. The lowest BCUT2D eigenvalue weighted by atomic mass is 9.90. The van der Waals surface area contributed by atoms with E-state index in [1.165, 1.54) is 0 Å². The number of nitrogens with one attached hydrogen (secondary N) is 2. The SMILES string of the molecule is CCOc1ccnc2nn3c(C4CCNC(C)C4)cc(=O)[nH]c3c12. The average molecular weight is 327 g/mol. The van der Waals surface area contributed by atoms with Crippen LogP contribution >= 0.6 is 0 Å². The molecule has 2 atom stereocenters. The van der Waals surface area contributed by atoms with Crippen LogP contribution in [0.1, 0.15) is 38.3 Å². The van der Waals surface area contributed by atoms with Gasteiger partial charge in [-0.3, -0.25) is 4.79 Å². The van der Waals surface area contributed by atoms with Crippen LogP contribution in [0.4, 0.5) is 0 Å². The summed E-state index contributed by atoms with van der Waals surface area (Å²) in [4.78, 5) is 19.5. The maximum atomic E-state index is 12.3. The molecule has 4 rings (SSSR count).